The van der Waals surface area contributed by atoms with E-state index in [9.17, 15) is 24.6 Å². The number of fused-ring (bicyclic) bond motifs is 1. The van der Waals surface area contributed by atoms with Crippen LogP contribution in [0, 0.1) is 11.8 Å². The van der Waals surface area contributed by atoms with Gasteiger partial charge in [-0.25, -0.2) is 0 Å². The zero-order chi connectivity index (χ0) is 33.4. The molecule has 1 fully saturated rings. The van der Waals surface area contributed by atoms with Crippen molar-refractivity contribution in [3.63, 3.8) is 0 Å². The predicted molar refractivity (Wildman–Crippen MR) is 182 cm³/mol. The normalized spacial score (nSPS) is 22.2. The minimum absolute atomic E-state index is 0.0267. The summed E-state index contributed by atoms with van der Waals surface area (Å²) in [5.41, 5.74) is 2.96. The Morgan fingerprint density at radius 3 is 2.57 bits per heavy atom. The molecule has 8 nitrogen and oxygen atoms in total. The van der Waals surface area contributed by atoms with Gasteiger partial charge in [0.25, 0.3) is 11.8 Å². The predicted octanol–water partition coefficient (Wildman–Crippen LogP) is 6.53. The molecule has 1 saturated heterocycles. The standard InChI is InChI=1S/C38H43N3O5/c1-7-37(5,6)34-28(26-10-8-9-11-30(26)39-34)19-31-35(45)41-38(36(46)40-31)20-23(4)13-15-25(38)16-17-27-29(21-42)33(44)24(18-32(27)43)14-12-22(2)3/h7-13,15,18-19,21,23,25,39,43-44H,1,14,16-17,20H2,2-6H3,(H,40,46)(H,41,45)/b31-19+/t23-,25-,38+/m0/s1. The van der Waals surface area contributed by atoms with Crippen LogP contribution in [-0.4, -0.2) is 38.8 Å². The van der Waals surface area contributed by atoms with Crippen molar-refractivity contribution in [3.05, 3.63) is 100 Å². The Hall–Kier alpha value is -4.85. The van der Waals surface area contributed by atoms with Crippen LogP contribution in [0.1, 0.15) is 80.2 Å². The molecule has 2 amide bonds. The molecule has 2 aliphatic rings. The highest BCUT2D eigenvalue weighted by molar-refractivity contribution is 6.10. The molecule has 0 radical (unpaired) electrons. The van der Waals surface area contributed by atoms with Gasteiger partial charge >= 0.3 is 0 Å². The maximum Gasteiger partial charge on any atom is 0.268 e. The lowest BCUT2D eigenvalue weighted by Gasteiger charge is -2.45. The number of H-pyrrole nitrogens is 1. The molecular weight excluding hydrogens is 578 g/mol. The first-order chi connectivity index (χ1) is 21.8. The number of rotatable bonds is 9. The fraction of sp³-hybridized carbons (Fsp3) is 0.342. The zero-order valence-corrected chi connectivity index (χ0v) is 27.2. The number of phenols is 2. The van der Waals surface area contributed by atoms with Crippen LogP contribution in [0.5, 0.6) is 11.5 Å². The van der Waals surface area contributed by atoms with Crippen LogP contribution in [0.25, 0.3) is 17.0 Å². The number of aromatic hydroxyl groups is 2. The van der Waals surface area contributed by atoms with Crippen molar-refractivity contribution in [2.45, 2.75) is 71.3 Å². The van der Waals surface area contributed by atoms with E-state index in [2.05, 4.69) is 22.2 Å². The molecule has 46 heavy (non-hydrogen) atoms. The third-order valence-corrected chi connectivity index (χ3v) is 9.43. The van der Waals surface area contributed by atoms with Gasteiger partial charge in [0, 0.05) is 44.6 Å². The van der Waals surface area contributed by atoms with Gasteiger partial charge in [-0.05, 0) is 63.7 Å². The number of aromatic amines is 1. The number of amides is 2. The maximum absolute atomic E-state index is 14.1. The monoisotopic (exact) mass is 621 g/mol. The molecule has 1 spiro atoms. The second-order valence-corrected chi connectivity index (χ2v) is 13.4. The Morgan fingerprint density at radius 2 is 1.87 bits per heavy atom. The third-order valence-electron chi connectivity index (χ3n) is 9.43. The highest BCUT2D eigenvalue weighted by Gasteiger charge is 2.51. The average Bonchev–Trinajstić information content (AvgIpc) is 3.39. The molecule has 2 heterocycles. The molecule has 1 aliphatic carbocycles. The van der Waals surface area contributed by atoms with E-state index >= 15 is 0 Å². The first kappa shape index (κ1) is 32.5. The number of carbonyl (C=O) groups is 3. The molecule has 1 aliphatic heterocycles. The van der Waals surface area contributed by atoms with E-state index in [1.165, 1.54) is 6.07 Å². The minimum Gasteiger partial charge on any atom is -0.508 e. The largest absolute Gasteiger partial charge is 0.508 e. The first-order valence-corrected chi connectivity index (χ1v) is 15.7. The maximum atomic E-state index is 14.1. The molecule has 1 aromatic heterocycles. The number of para-hydroxylation sites is 1. The van der Waals surface area contributed by atoms with Crippen LogP contribution in [0.4, 0.5) is 0 Å². The molecule has 2 aromatic carbocycles. The average molecular weight is 622 g/mol. The van der Waals surface area contributed by atoms with Gasteiger partial charge in [0.05, 0.1) is 5.56 Å². The van der Waals surface area contributed by atoms with Crippen LogP contribution in [-0.2, 0) is 27.8 Å². The van der Waals surface area contributed by atoms with Gasteiger partial charge in [0.2, 0.25) is 0 Å². The summed E-state index contributed by atoms with van der Waals surface area (Å²) in [5.74, 6) is -1.35. The van der Waals surface area contributed by atoms with Crippen molar-refractivity contribution >= 4 is 35.1 Å². The van der Waals surface area contributed by atoms with Gasteiger partial charge in [-0.15, -0.1) is 6.58 Å². The molecule has 3 atom stereocenters. The number of carbonyl (C=O) groups excluding carboxylic acids is 3. The van der Waals surface area contributed by atoms with Gasteiger partial charge in [-0.3, -0.25) is 14.4 Å². The fourth-order valence-electron chi connectivity index (χ4n) is 6.68. The van der Waals surface area contributed by atoms with Crippen LogP contribution in [0.3, 0.4) is 0 Å². The van der Waals surface area contributed by atoms with Crippen molar-refractivity contribution in [1.82, 2.24) is 15.6 Å². The van der Waals surface area contributed by atoms with E-state index < -0.39 is 22.8 Å². The van der Waals surface area contributed by atoms with Crippen molar-refractivity contribution < 1.29 is 24.6 Å². The Morgan fingerprint density at radius 1 is 1.13 bits per heavy atom. The lowest BCUT2D eigenvalue weighted by atomic mass is 9.69. The lowest BCUT2D eigenvalue weighted by Crippen LogP contribution is -2.68. The Balaban J connectivity index is 1.46. The fourth-order valence-corrected chi connectivity index (χ4v) is 6.68. The van der Waals surface area contributed by atoms with Gasteiger partial charge in [0.15, 0.2) is 6.29 Å². The quantitative estimate of drug-likeness (QED) is 0.0802. The zero-order valence-electron chi connectivity index (χ0n) is 27.2. The summed E-state index contributed by atoms with van der Waals surface area (Å²) in [4.78, 5) is 43.4. The summed E-state index contributed by atoms with van der Waals surface area (Å²) < 4.78 is 0. The summed E-state index contributed by atoms with van der Waals surface area (Å²) >= 11 is 0. The molecule has 3 aromatic rings. The van der Waals surface area contributed by atoms with Crippen molar-refractivity contribution in [1.29, 1.82) is 0 Å². The van der Waals surface area contributed by atoms with E-state index in [4.69, 9.17) is 0 Å². The van der Waals surface area contributed by atoms with Gasteiger partial charge < -0.3 is 25.8 Å². The summed E-state index contributed by atoms with van der Waals surface area (Å²) in [5, 5.41) is 28.7. The van der Waals surface area contributed by atoms with E-state index in [-0.39, 0.29) is 41.0 Å². The van der Waals surface area contributed by atoms with Crippen molar-refractivity contribution in [2.75, 3.05) is 0 Å². The number of hydrogen-bond donors (Lipinski definition) is 5. The van der Waals surface area contributed by atoms with Crippen LogP contribution in [0.2, 0.25) is 0 Å². The van der Waals surface area contributed by atoms with E-state index in [1.54, 1.807) is 6.08 Å². The molecule has 0 bridgehead atoms. The number of piperazine rings is 1. The molecule has 8 heteroatoms. The summed E-state index contributed by atoms with van der Waals surface area (Å²) in [6.45, 7) is 13.9. The highest BCUT2D eigenvalue weighted by Crippen LogP contribution is 2.41. The van der Waals surface area contributed by atoms with E-state index in [0.29, 0.717) is 36.7 Å². The molecule has 0 saturated carbocycles. The Bertz CT molecular complexity index is 1820. The van der Waals surface area contributed by atoms with Gasteiger partial charge in [-0.2, -0.15) is 0 Å². The van der Waals surface area contributed by atoms with Gasteiger partial charge in [0.1, 0.15) is 22.7 Å². The van der Waals surface area contributed by atoms with Crippen LogP contribution < -0.4 is 10.6 Å². The first-order valence-electron chi connectivity index (χ1n) is 15.7. The third kappa shape index (κ3) is 5.91. The number of benzene rings is 2. The second-order valence-electron chi connectivity index (χ2n) is 13.4. The number of allylic oxidation sites excluding steroid dienone is 4. The van der Waals surface area contributed by atoms with E-state index in [1.807, 2.05) is 83.2 Å². The van der Waals surface area contributed by atoms with Crippen molar-refractivity contribution in [2.24, 2.45) is 11.8 Å². The molecule has 5 rings (SSSR count). The number of phenolic OH excluding ortho intramolecular Hbond substituents is 2. The molecule has 240 valence electrons. The molecular formula is C38H43N3O5. The van der Waals surface area contributed by atoms with E-state index in [0.717, 1.165) is 27.7 Å². The summed E-state index contributed by atoms with van der Waals surface area (Å²) in [7, 11) is 0. The number of hydrogen-bond acceptors (Lipinski definition) is 5. The van der Waals surface area contributed by atoms with Crippen LogP contribution >= 0.6 is 0 Å². The Kier molecular flexibility index (Phi) is 8.85. The summed E-state index contributed by atoms with van der Waals surface area (Å²) in [6.07, 6.45) is 11.3. The number of nitrogens with one attached hydrogen (secondary N) is 3. The smallest absolute Gasteiger partial charge is 0.268 e. The van der Waals surface area contributed by atoms with Crippen LogP contribution in [0.15, 0.2) is 72.5 Å². The molecule has 0 unspecified atom stereocenters. The number of aldehydes is 1. The van der Waals surface area contributed by atoms with Gasteiger partial charge in [-0.1, -0.05) is 68.8 Å². The SMILES string of the molecule is C=CC(C)(C)c1[nH]c2ccccc2c1/C=C1/NC(=O)[C@]2(C[C@@H](C)C=C[C@H]2CCc2c(O)cc(CC=C(C)C)c(O)c2C=O)NC1=O. The Labute approximate surface area is 270 Å². The van der Waals surface area contributed by atoms with Crippen molar-refractivity contribution in [3.8, 4) is 11.5 Å². The second kappa shape index (κ2) is 12.5. The lowest BCUT2D eigenvalue weighted by molar-refractivity contribution is -0.138. The highest BCUT2D eigenvalue weighted by atomic mass is 16.3. The minimum atomic E-state index is -1.23. The number of aromatic nitrogens is 1. The molecule has 5 N–H and O–H groups in total. The summed E-state index contributed by atoms with van der Waals surface area (Å²) in [6, 6.07) is 9.31. The topological polar surface area (TPSA) is 132 Å².